The van der Waals surface area contributed by atoms with Crippen molar-refractivity contribution in [3.63, 3.8) is 0 Å². The van der Waals surface area contributed by atoms with Crippen LogP contribution in [0.1, 0.15) is 37.7 Å². The number of nitrogens with zero attached hydrogens (tertiary/aromatic N) is 1. The summed E-state index contributed by atoms with van der Waals surface area (Å²) in [5.41, 5.74) is 9.63. The van der Waals surface area contributed by atoms with Crippen LogP contribution >= 0.6 is 0 Å². The first-order valence-corrected chi connectivity index (χ1v) is 6.96. The Bertz CT molecular complexity index is 394. The lowest BCUT2D eigenvalue weighted by atomic mass is 9.89. The highest BCUT2D eigenvalue weighted by Gasteiger charge is 2.23. The molecule has 0 unspecified atom stereocenters. The van der Waals surface area contributed by atoms with Gasteiger partial charge in [0.2, 0.25) is 0 Å². The summed E-state index contributed by atoms with van der Waals surface area (Å²) in [5, 5.41) is 0. The van der Waals surface area contributed by atoms with E-state index in [-0.39, 0.29) is 0 Å². The number of benzene rings is 1. The molecule has 1 fully saturated rings. The average molecular weight is 230 g/mol. The summed E-state index contributed by atoms with van der Waals surface area (Å²) in [7, 11) is 0. The van der Waals surface area contributed by atoms with Crippen LogP contribution in [0.5, 0.6) is 0 Å². The van der Waals surface area contributed by atoms with Gasteiger partial charge in [-0.25, -0.2) is 0 Å². The molecule has 0 atom stereocenters. The van der Waals surface area contributed by atoms with E-state index in [0.717, 1.165) is 11.6 Å². The van der Waals surface area contributed by atoms with E-state index in [4.69, 9.17) is 5.73 Å². The number of nitrogens with two attached hydrogens (primary N) is 1. The molecule has 0 spiro atoms. The zero-order valence-electron chi connectivity index (χ0n) is 10.5. The van der Waals surface area contributed by atoms with Gasteiger partial charge in [-0.05, 0) is 48.9 Å². The summed E-state index contributed by atoms with van der Waals surface area (Å²) in [6.07, 6.45) is 8.36. The molecule has 0 bridgehead atoms. The molecular weight excluding hydrogens is 208 g/mol. The molecule has 1 aliphatic carbocycles. The third kappa shape index (κ3) is 2.26. The minimum absolute atomic E-state index is 0.906. The molecule has 0 amide bonds. The van der Waals surface area contributed by atoms with Crippen LogP contribution in [0.15, 0.2) is 18.2 Å². The first-order chi connectivity index (χ1) is 8.33. The van der Waals surface area contributed by atoms with Crippen molar-refractivity contribution in [2.75, 3.05) is 23.7 Å². The fraction of sp³-hybridized carbons (Fsp3) is 0.600. The summed E-state index contributed by atoms with van der Waals surface area (Å²) in [4.78, 5) is 2.57. The maximum absolute atomic E-state index is 5.84. The first kappa shape index (κ1) is 10.9. The Kier molecular flexibility index (Phi) is 2.96. The summed E-state index contributed by atoms with van der Waals surface area (Å²) in [5.74, 6) is 0.923. The minimum atomic E-state index is 0.906. The summed E-state index contributed by atoms with van der Waals surface area (Å²) in [6.45, 7) is 2.45. The molecule has 2 nitrogen and oxygen atoms in total. The molecule has 1 aliphatic heterocycles. The van der Waals surface area contributed by atoms with Crippen LogP contribution in [0.2, 0.25) is 0 Å². The van der Waals surface area contributed by atoms with Crippen LogP contribution in [-0.4, -0.2) is 13.1 Å². The second-order valence-corrected chi connectivity index (χ2v) is 5.59. The van der Waals surface area contributed by atoms with Gasteiger partial charge < -0.3 is 10.6 Å². The fourth-order valence-corrected chi connectivity index (χ4v) is 3.36. The first-order valence-electron chi connectivity index (χ1n) is 6.96. The van der Waals surface area contributed by atoms with Gasteiger partial charge in [0.25, 0.3) is 0 Å². The van der Waals surface area contributed by atoms with Gasteiger partial charge in [0.05, 0.1) is 0 Å². The Labute approximate surface area is 104 Å². The van der Waals surface area contributed by atoms with Crippen molar-refractivity contribution in [2.45, 2.75) is 38.5 Å². The molecule has 3 rings (SSSR count). The maximum Gasteiger partial charge on any atom is 0.0401 e. The molecule has 0 radical (unpaired) electrons. The summed E-state index contributed by atoms with van der Waals surface area (Å²) >= 11 is 0. The predicted octanol–water partition coefficient (Wildman–Crippen LogP) is 3.21. The van der Waals surface area contributed by atoms with Crippen LogP contribution in [0.3, 0.4) is 0 Å². The van der Waals surface area contributed by atoms with E-state index in [1.54, 1.807) is 0 Å². The van der Waals surface area contributed by atoms with Crippen molar-refractivity contribution in [3.8, 4) is 0 Å². The van der Waals surface area contributed by atoms with Gasteiger partial charge in [0.15, 0.2) is 0 Å². The van der Waals surface area contributed by atoms with E-state index in [0.29, 0.717) is 0 Å². The maximum atomic E-state index is 5.84. The van der Waals surface area contributed by atoms with Crippen molar-refractivity contribution in [3.05, 3.63) is 23.8 Å². The molecule has 92 valence electrons. The molecule has 0 aromatic heterocycles. The number of rotatable bonds is 2. The highest BCUT2D eigenvalue weighted by atomic mass is 15.1. The number of hydrogen-bond acceptors (Lipinski definition) is 2. The van der Waals surface area contributed by atoms with Crippen LogP contribution in [0.25, 0.3) is 0 Å². The normalized spacial score (nSPS) is 20.6. The summed E-state index contributed by atoms with van der Waals surface area (Å²) < 4.78 is 0. The molecule has 1 saturated carbocycles. The lowest BCUT2D eigenvalue weighted by molar-refractivity contribution is 0.360. The van der Waals surface area contributed by atoms with Gasteiger partial charge in [-0.3, -0.25) is 0 Å². The van der Waals surface area contributed by atoms with Crippen molar-refractivity contribution in [2.24, 2.45) is 5.92 Å². The Morgan fingerprint density at radius 3 is 2.82 bits per heavy atom. The van der Waals surface area contributed by atoms with Crippen molar-refractivity contribution in [1.29, 1.82) is 0 Å². The van der Waals surface area contributed by atoms with Gasteiger partial charge in [-0.2, -0.15) is 0 Å². The van der Waals surface area contributed by atoms with Crippen LogP contribution in [0, 0.1) is 5.92 Å². The van der Waals surface area contributed by atoms with Crippen molar-refractivity contribution >= 4 is 11.4 Å². The quantitative estimate of drug-likeness (QED) is 0.790. The third-order valence-corrected chi connectivity index (χ3v) is 4.30. The van der Waals surface area contributed by atoms with Crippen molar-refractivity contribution < 1.29 is 0 Å². The average Bonchev–Trinajstić information content (AvgIpc) is 2.73. The Morgan fingerprint density at radius 1 is 1.18 bits per heavy atom. The Morgan fingerprint density at radius 2 is 2.00 bits per heavy atom. The zero-order chi connectivity index (χ0) is 11.7. The second kappa shape index (κ2) is 4.59. The van der Waals surface area contributed by atoms with Gasteiger partial charge >= 0.3 is 0 Å². The fourth-order valence-electron chi connectivity index (χ4n) is 3.36. The van der Waals surface area contributed by atoms with E-state index >= 15 is 0 Å². The second-order valence-electron chi connectivity index (χ2n) is 5.59. The number of nitrogen functional groups attached to an aromatic ring is 1. The smallest absolute Gasteiger partial charge is 0.0401 e. The van der Waals surface area contributed by atoms with Gasteiger partial charge in [-0.1, -0.05) is 19.3 Å². The zero-order valence-corrected chi connectivity index (χ0v) is 10.5. The number of hydrogen-bond donors (Lipinski definition) is 1. The van der Waals surface area contributed by atoms with E-state index in [1.165, 1.54) is 62.9 Å². The van der Waals surface area contributed by atoms with Gasteiger partial charge in [0, 0.05) is 24.5 Å². The topological polar surface area (TPSA) is 29.3 Å². The molecule has 0 saturated heterocycles. The lowest BCUT2D eigenvalue weighted by Crippen LogP contribution is -2.28. The van der Waals surface area contributed by atoms with Gasteiger partial charge in [-0.15, -0.1) is 0 Å². The monoisotopic (exact) mass is 230 g/mol. The van der Waals surface area contributed by atoms with Crippen LogP contribution < -0.4 is 10.6 Å². The summed E-state index contributed by atoms with van der Waals surface area (Å²) in [6, 6.07) is 6.40. The molecule has 1 heterocycles. The van der Waals surface area contributed by atoms with E-state index in [9.17, 15) is 0 Å². The third-order valence-electron chi connectivity index (χ3n) is 4.30. The molecule has 1 aromatic rings. The number of anilines is 2. The Hall–Kier alpha value is -1.18. The van der Waals surface area contributed by atoms with E-state index < -0.39 is 0 Å². The highest BCUT2D eigenvalue weighted by Crippen LogP contribution is 2.32. The molecule has 1 aromatic carbocycles. The molecule has 2 N–H and O–H groups in total. The lowest BCUT2D eigenvalue weighted by Gasteiger charge is -2.28. The van der Waals surface area contributed by atoms with E-state index in [1.807, 2.05) is 6.07 Å². The largest absolute Gasteiger partial charge is 0.399 e. The molecule has 2 heteroatoms. The SMILES string of the molecule is Nc1ccc2c(c1)CCN2CC1CCCCC1. The van der Waals surface area contributed by atoms with Gasteiger partial charge in [0.1, 0.15) is 0 Å². The van der Waals surface area contributed by atoms with Crippen LogP contribution in [-0.2, 0) is 6.42 Å². The predicted molar refractivity (Wildman–Crippen MR) is 73.3 cm³/mol. The molecular formula is C15H22N2. The minimum Gasteiger partial charge on any atom is -0.399 e. The standard InChI is InChI=1S/C15H22N2/c16-14-6-7-15-13(10-14)8-9-17(15)11-12-4-2-1-3-5-12/h6-7,10,12H,1-5,8-9,11,16H2. The highest BCUT2D eigenvalue weighted by molar-refractivity contribution is 5.62. The Balaban J connectivity index is 1.70. The molecule has 17 heavy (non-hydrogen) atoms. The van der Waals surface area contributed by atoms with Crippen LogP contribution in [0.4, 0.5) is 11.4 Å². The van der Waals surface area contributed by atoms with E-state index in [2.05, 4.69) is 17.0 Å². The number of fused-ring (bicyclic) bond motifs is 1. The molecule has 2 aliphatic rings. The van der Waals surface area contributed by atoms with Crippen molar-refractivity contribution in [1.82, 2.24) is 0 Å².